The van der Waals surface area contributed by atoms with Gasteiger partial charge in [-0.25, -0.2) is 0 Å². The zero-order valence-corrected chi connectivity index (χ0v) is 11.3. The average molecular weight is 256 g/mol. The van der Waals surface area contributed by atoms with Crippen molar-refractivity contribution in [2.45, 2.75) is 26.2 Å². The molecule has 100 valence electrons. The van der Waals surface area contributed by atoms with E-state index in [0.29, 0.717) is 0 Å². The number of hydrogen-bond donors (Lipinski definition) is 0. The van der Waals surface area contributed by atoms with Crippen molar-refractivity contribution in [3.8, 4) is 17.2 Å². The van der Waals surface area contributed by atoms with Crippen LogP contribution >= 0.6 is 0 Å². The molecule has 0 amide bonds. The van der Waals surface area contributed by atoms with Gasteiger partial charge in [0.05, 0.1) is 6.61 Å². The van der Waals surface area contributed by atoms with E-state index >= 15 is 0 Å². The summed E-state index contributed by atoms with van der Waals surface area (Å²) in [6, 6.07) is 17.5. The van der Waals surface area contributed by atoms with E-state index in [-0.39, 0.29) is 0 Å². The maximum absolute atomic E-state index is 5.77. The van der Waals surface area contributed by atoms with E-state index in [1.807, 2.05) is 54.6 Å². The lowest BCUT2D eigenvalue weighted by Crippen LogP contribution is -1.97. The Kier molecular flexibility index (Phi) is 5.30. The molecule has 0 radical (unpaired) electrons. The first-order valence-corrected chi connectivity index (χ1v) is 6.84. The summed E-state index contributed by atoms with van der Waals surface area (Å²) in [6.07, 6.45) is 3.51. The lowest BCUT2D eigenvalue weighted by Gasteiger charge is -2.09. The van der Waals surface area contributed by atoms with E-state index in [9.17, 15) is 0 Å². The summed E-state index contributed by atoms with van der Waals surface area (Å²) in [5.41, 5.74) is 0. The summed E-state index contributed by atoms with van der Waals surface area (Å²) in [6.45, 7) is 2.96. The minimum atomic E-state index is 0.766. The van der Waals surface area contributed by atoms with Crippen LogP contribution in [-0.4, -0.2) is 6.61 Å². The third-order valence-electron chi connectivity index (χ3n) is 2.80. The highest BCUT2D eigenvalue weighted by molar-refractivity contribution is 5.36. The van der Waals surface area contributed by atoms with Crippen molar-refractivity contribution < 1.29 is 9.47 Å². The molecule has 0 spiro atoms. The van der Waals surface area contributed by atoms with Crippen molar-refractivity contribution in [1.29, 1.82) is 0 Å². The summed E-state index contributed by atoms with van der Waals surface area (Å²) in [5.74, 6) is 2.51. The van der Waals surface area contributed by atoms with E-state index in [4.69, 9.17) is 9.47 Å². The normalized spacial score (nSPS) is 10.2. The van der Waals surface area contributed by atoms with Crippen molar-refractivity contribution >= 4 is 0 Å². The third-order valence-corrected chi connectivity index (χ3v) is 2.80. The van der Waals surface area contributed by atoms with Crippen LogP contribution in [0.3, 0.4) is 0 Å². The predicted octanol–water partition coefficient (Wildman–Crippen LogP) is 5.05. The van der Waals surface area contributed by atoms with Crippen LogP contribution in [0.15, 0.2) is 54.6 Å². The first-order chi connectivity index (χ1) is 9.38. The Morgan fingerprint density at radius 1 is 0.789 bits per heavy atom. The molecule has 2 aromatic rings. The van der Waals surface area contributed by atoms with E-state index < -0.39 is 0 Å². The molecule has 0 heterocycles. The van der Waals surface area contributed by atoms with Gasteiger partial charge in [0.15, 0.2) is 0 Å². The molecule has 0 saturated heterocycles. The molecule has 2 heteroatoms. The van der Waals surface area contributed by atoms with Gasteiger partial charge in [-0.1, -0.05) is 44.0 Å². The summed E-state index contributed by atoms with van der Waals surface area (Å²) in [4.78, 5) is 0. The molecule has 0 unspecified atom stereocenters. The third kappa shape index (κ3) is 4.66. The first-order valence-electron chi connectivity index (χ1n) is 6.84. The van der Waals surface area contributed by atoms with Crippen molar-refractivity contribution in [3.63, 3.8) is 0 Å². The van der Waals surface area contributed by atoms with E-state index in [2.05, 4.69) is 6.92 Å². The molecule has 0 atom stereocenters. The fraction of sp³-hybridized carbons (Fsp3) is 0.294. The Morgan fingerprint density at radius 3 is 2.32 bits per heavy atom. The van der Waals surface area contributed by atoms with E-state index in [1.165, 1.54) is 12.8 Å². The van der Waals surface area contributed by atoms with Gasteiger partial charge in [-0.3, -0.25) is 0 Å². The van der Waals surface area contributed by atoms with Gasteiger partial charge < -0.3 is 9.47 Å². The number of ether oxygens (including phenoxy) is 2. The van der Waals surface area contributed by atoms with Crippen molar-refractivity contribution in [2.24, 2.45) is 0 Å². The molecular weight excluding hydrogens is 236 g/mol. The Labute approximate surface area is 115 Å². The number of benzene rings is 2. The van der Waals surface area contributed by atoms with Gasteiger partial charge in [0.1, 0.15) is 17.2 Å². The van der Waals surface area contributed by atoms with Gasteiger partial charge in [0.2, 0.25) is 0 Å². The van der Waals surface area contributed by atoms with Crippen LogP contribution in [0.2, 0.25) is 0 Å². The molecule has 0 N–H and O–H groups in total. The zero-order chi connectivity index (χ0) is 13.3. The highest BCUT2D eigenvalue weighted by Gasteiger charge is 1.99. The van der Waals surface area contributed by atoms with Gasteiger partial charge in [0, 0.05) is 6.07 Å². The lowest BCUT2D eigenvalue weighted by molar-refractivity contribution is 0.305. The quantitative estimate of drug-likeness (QED) is 0.645. The molecule has 0 aromatic heterocycles. The van der Waals surface area contributed by atoms with Crippen LogP contribution < -0.4 is 9.47 Å². The summed E-state index contributed by atoms with van der Waals surface area (Å²) < 4.78 is 11.5. The molecule has 2 rings (SSSR count). The highest BCUT2D eigenvalue weighted by atomic mass is 16.5. The molecule has 0 bridgehead atoms. The second-order valence-corrected chi connectivity index (χ2v) is 4.45. The molecule has 0 aliphatic heterocycles. The van der Waals surface area contributed by atoms with Gasteiger partial charge in [-0.05, 0) is 30.7 Å². The molecule has 2 nitrogen and oxygen atoms in total. The lowest BCUT2D eigenvalue weighted by atomic mass is 10.2. The number of hydrogen-bond acceptors (Lipinski definition) is 2. The summed E-state index contributed by atoms with van der Waals surface area (Å²) >= 11 is 0. The maximum atomic E-state index is 5.77. The van der Waals surface area contributed by atoms with Crippen molar-refractivity contribution in [2.75, 3.05) is 6.61 Å². The number of unbranched alkanes of at least 4 members (excludes halogenated alkanes) is 2. The van der Waals surface area contributed by atoms with Crippen LogP contribution in [0.25, 0.3) is 0 Å². The smallest absolute Gasteiger partial charge is 0.131 e. The SMILES string of the molecule is CCCCCOc1cccc(Oc2ccccc2)c1. The molecule has 0 aliphatic rings. The second-order valence-electron chi connectivity index (χ2n) is 4.45. The fourth-order valence-corrected chi connectivity index (χ4v) is 1.79. The largest absolute Gasteiger partial charge is 0.493 e. The summed E-state index contributed by atoms with van der Waals surface area (Å²) in [5, 5.41) is 0. The van der Waals surface area contributed by atoms with Gasteiger partial charge in [-0.2, -0.15) is 0 Å². The summed E-state index contributed by atoms with van der Waals surface area (Å²) in [7, 11) is 0. The van der Waals surface area contributed by atoms with Crippen LogP contribution in [0, 0.1) is 0 Å². The van der Waals surface area contributed by atoms with Gasteiger partial charge in [-0.15, -0.1) is 0 Å². The number of para-hydroxylation sites is 1. The molecule has 0 fully saturated rings. The Morgan fingerprint density at radius 2 is 1.53 bits per heavy atom. The van der Waals surface area contributed by atoms with E-state index in [1.54, 1.807) is 0 Å². The van der Waals surface area contributed by atoms with Crippen LogP contribution in [0.5, 0.6) is 17.2 Å². The molecule has 0 aliphatic carbocycles. The number of rotatable bonds is 7. The van der Waals surface area contributed by atoms with E-state index in [0.717, 1.165) is 30.3 Å². The highest BCUT2D eigenvalue weighted by Crippen LogP contribution is 2.25. The Balaban J connectivity index is 1.91. The maximum Gasteiger partial charge on any atom is 0.131 e. The topological polar surface area (TPSA) is 18.5 Å². The zero-order valence-electron chi connectivity index (χ0n) is 11.3. The second kappa shape index (κ2) is 7.47. The average Bonchev–Trinajstić information content (AvgIpc) is 2.45. The predicted molar refractivity (Wildman–Crippen MR) is 78.0 cm³/mol. The van der Waals surface area contributed by atoms with Crippen molar-refractivity contribution in [3.05, 3.63) is 54.6 Å². The fourth-order valence-electron chi connectivity index (χ4n) is 1.79. The van der Waals surface area contributed by atoms with Crippen LogP contribution in [0.1, 0.15) is 26.2 Å². The first kappa shape index (κ1) is 13.5. The standard InChI is InChI=1S/C17H20O2/c1-2-3-7-13-18-16-11-8-12-17(14-16)19-15-9-5-4-6-10-15/h4-6,8-12,14H,2-3,7,13H2,1H3. The minimum Gasteiger partial charge on any atom is -0.493 e. The molecule has 2 aromatic carbocycles. The van der Waals surface area contributed by atoms with Crippen molar-refractivity contribution in [1.82, 2.24) is 0 Å². The van der Waals surface area contributed by atoms with Crippen LogP contribution in [0.4, 0.5) is 0 Å². The Bertz CT molecular complexity index is 480. The minimum absolute atomic E-state index is 0.766. The molecule has 19 heavy (non-hydrogen) atoms. The van der Waals surface area contributed by atoms with Crippen LogP contribution in [-0.2, 0) is 0 Å². The monoisotopic (exact) mass is 256 g/mol. The molecule has 0 saturated carbocycles. The van der Waals surface area contributed by atoms with Gasteiger partial charge in [0.25, 0.3) is 0 Å². The molecular formula is C17H20O2. The van der Waals surface area contributed by atoms with Gasteiger partial charge >= 0.3 is 0 Å². The Hall–Kier alpha value is -1.96.